The fraction of sp³-hybridized carbons (Fsp3) is 0.348. The number of pyridine rings is 1. The Kier molecular flexibility index (Phi) is 5.43. The second-order valence-electron chi connectivity index (χ2n) is 7.81. The number of benzene rings is 1. The summed E-state index contributed by atoms with van der Waals surface area (Å²) >= 11 is 0. The number of rotatable bonds is 3. The maximum atomic E-state index is 13.2. The highest BCUT2D eigenvalue weighted by Gasteiger charge is 2.40. The molecule has 1 amide bonds. The minimum absolute atomic E-state index is 0.186. The van der Waals surface area contributed by atoms with E-state index in [1.54, 1.807) is 55.5 Å². The summed E-state index contributed by atoms with van der Waals surface area (Å²) in [4.78, 5) is 15.5. The summed E-state index contributed by atoms with van der Waals surface area (Å²) in [6.07, 6.45) is 9.59. The molecule has 0 aliphatic heterocycles. The summed E-state index contributed by atoms with van der Waals surface area (Å²) in [6, 6.07) is 9.79. The number of anilines is 1. The first-order valence-electron chi connectivity index (χ1n) is 10.0. The lowest BCUT2D eigenvalue weighted by Crippen LogP contribution is -2.10. The molecule has 2 saturated carbocycles. The van der Waals surface area contributed by atoms with Gasteiger partial charge in [-0.05, 0) is 60.2 Å². The van der Waals surface area contributed by atoms with Gasteiger partial charge in [-0.1, -0.05) is 19.3 Å². The van der Waals surface area contributed by atoms with Crippen LogP contribution in [-0.4, -0.2) is 20.7 Å². The zero-order chi connectivity index (χ0) is 20.4. The first-order valence-corrected chi connectivity index (χ1v) is 10.0. The van der Waals surface area contributed by atoms with Crippen LogP contribution in [0.2, 0.25) is 0 Å². The van der Waals surface area contributed by atoms with E-state index in [1.165, 1.54) is 37.3 Å². The number of hydrogen-bond acceptors (Lipinski definition) is 3. The van der Waals surface area contributed by atoms with Crippen LogP contribution in [0.5, 0.6) is 0 Å². The molecule has 2 fully saturated rings. The molecule has 2 heterocycles. The molecule has 29 heavy (non-hydrogen) atoms. The highest BCUT2D eigenvalue weighted by Crippen LogP contribution is 2.51. The van der Waals surface area contributed by atoms with E-state index in [9.17, 15) is 9.18 Å². The van der Waals surface area contributed by atoms with Crippen molar-refractivity contribution in [1.29, 1.82) is 0 Å². The van der Waals surface area contributed by atoms with Gasteiger partial charge in [0.05, 0.1) is 5.56 Å². The number of halogens is 1. The Bertz CT molecular complexity index is 990. The lowest BCUT2D eigenvalue weighted by atomic mass is 10.0. The molecule has 2 aliphatic rings. The number of aryl methyl sites for hydroxylation is 1. The topological polar surface area (TPSA) is 59.8 Å². The number of hydrogen-bond donors (Lipinski definition) is 1. The predicted molar refractivity (Wildman–Crippen MR) is 112 cm³/mol. The van der Waals surface area contributed by atoms with Crippen LogP contribution in [0.25, 0.3) is 22.4 Å². The molecule has 5 rings (SSSR count). The Hall–Kier alpha value is -3.02. The third-order valence-corrected chi connectivity index (χ3v) is 5.65. The largest absolute Gasteiger partial charge is 0.311 e. The van der Waals surface area contributed by atoms with Crippen molar-refractivity contribution in [1.82, 2.24) is 14.8 Å². The van der Waals surface area contributed by atoms with Gasteiger partial charge in [0.15, 0.2) is 0 Å². The Morgan fingerprint density at radius 3 is 2.24 bits per heavy atom. The highest BCUT2D eigenvalue weighted by atomic mass is 19.1. The molecule has 0 bridgehead atoms. The standard InChI is InChI=1S/C17H15FN4O.C6H10/c1-11(23)20-17-15(12-7-9-19-10-8-12)16(21-22(17)2)13-3-5-14(18)6-4-13;1-2-5-4-6(5)3-1/h3-10H,1-2H3,(H,20,23);5-6H,1-4H2. The third kappa shape index (κ3) is 4.36. The summed E-state index contributed by atoms with van der Waals surface area (Å²) in [6.45, 7) is 1.45. The van der Waals surface area contributed by atoms with Crippen molar-refractivity contribution in [2.75, 3.05) is 5.32 Å². The van der Waals surface area contributed by atoms with Crippen LogP contribution >= 0.6 is 0 Å². The smallest absolute Gasteiger partial charge is 0.222 e. The summed E-state index contributed by atoms with van der Waals surface area (Å²) in [5, 5.41) is 7.31. The molecule has 2 unspecified atom stereocenters. The number of carbonyl (C=O) groups is 1. The van der Waals surface area contributed by atoms with E-state index in [0.717, 1.165) is 16.7 Å². The molecule has 3 aromatic rings. The van der Waals surface area contributed by atoms with Gasteiger partial charge < -0.3 is 5.32 Å². The summed E-state index contributed by atoms with van der Waals surface area (Å²) < 4.78 is 14.8. The van der Waals surface area contributed by atoms with Crippen molar-refractivity contribution in [2.24, 2.45) is 18.9 Å². The molecule has 0 saturated heterocycles. The molecule has 150 valence electrons. The van der Waals surface area contributed by atoms with Gasteiger partial charge in [-0.15, -0.1) is 0 Å². The Labute approximate surface area is 170 Å². The van der Waals surface area contributed by atoms with E-state index in [1.807, 2.05) is 12.1 Å². The van der Waals surface area contributed by atoms with Crippen LogP contribution in [-0.2, 0) is 11.8 Å². The maximum Gasteiger partial charge on any atom is 0.222 e. The van der Waals surface area contributed by atoms with E-state index in [2.05, 4.69) is 15.4 Å². The van der Waals surface area contributed by atoms with Crippen LogP contribution in [0, 0.1) is 17.7 Å². The molecule has 2 aromatic heterocycles. The van der Waals surface area contributed by atoms with Crippen LogP contribution in [0.3, 0.4) is 0 Å². The number of nitrogens with one attached hydrogen (secondary N) is 1. The van der Waals surface area contributed by atoms with Gasteiger partial charge in [-0.2, -0.15) is 5.10 Å². The Morgan fingerprint density at radius 2 is 1.72 bits per heavy atom. The van der Waals surface area contributed by atoms with Crippen LogP contribution in [0.4, 0.5) is 10.2 Å². The zero-order valence-electron chi connectivity index (χ0n) is 16.7. The van der Waals surface area contributed by atoms with Crippen molar-refractivity contribution in [3.8, 4) is 22.4 Å². The van der Waals surface area contributed by atoms with Gasteiger partial charge in [0.2, 0.25) is 5.91 Å². The fourth-order valence-corrected chi connectivity index (χ4v) is 4.10. The first-order chi connectivity index (χ1) is 14.0. The van der Waals surface area contributed by atoms with E-state index >= 15 is 0 Å². The lowest BCUT2D eigenvalue weighted by molar-refractivity contribution is -0.114. The Morgan fingerprint density at radius 1 is 1.07 bits per heavy atom. The number of fused-ring (bicyclic) bond motifs is 1. The van der Waals surface area contributed by atoms with E-state index in [0.29, 0.717) is 11.5 Å². The van der Waals surface area contributed by atoms with Crippen LogP contribution in [0.1, 0.15) is 32.6 Å². The third-order valence-electron chi connectivity index (χ3n) is 5.65. The van der Waals surface area contributed by atoms with Gasteiger partial charge in [-0.3, -0.25) is 14.5 Å². The Balaban J connectivity index is 0.000000286. The fourth-order valence-electron chi connectivity index (χ4n) is 4.10. The molecule has 0 radical (unpaired) electrons. The number of amides is 1. The van der Waals surface area contributed by atoms with Gasteiger partial charge in [-0.25, -0.2) is 4.39 Å². The molecule has 2 atom stereocenters. The van der Waals surface area contributed by atoms with Crippen molar-refractivity contribution < 1.29 is 9.18 Å². The van der Waals surface area contributed by atoms with E-state index < -0.39 is 0 Å². The second kappa shape index (κ2) is 8.15. The molecular formula is C23H25FN4O. The highest BCUT2D eigenvalue weighted by molar-refractivity contribution is 5.97. The van der Waals surface area contributed by atoms with Crippen LogP contribution in [0.15, 0.2) is 48.8 Å². The summed E-state index contributed by atoms with van der Waals surface area (Å²) in [5.74, 6) is 2.52. The average Bonchev–Trinajstić information content (AvgIpc) is 3.18. The summed E-state index contributed by atoms with van der Waals surface area (Å²) in [5.41, 5.74) is 3.08. The van der Waals surface area contributed by atoms with E-state index in [4.69, 9.17) is 0 Å². The van der Waals surface area contributed by atoms with Gasteiger partial charge in [0.1, 0.15) is 17.3 Å². The van der Waals surface area contributed by atoms with Gasteiger partial charge in [0, 0.05) is 31.9 Å². The molecule has 6 heteroatoms. The molecule has 5 nitrogen and oxygen atoms in total. The van der Waals surface area contributed by atoms with Crippen LogP contribution < -0.4 is 5.32 Å². The number of aromatic nitrogens is 3. The second-order valence-corrected chi connectivity index (χ2v) is 7.81. The summed E-state index contributed by atoms with van der Waals surface area (Å²) in [7, 11) is 1.75. The normalized spacial score (nSPS) is 19.1. The molecule has 1 aromatic carbocycles. The van der Waals surface area contributed by atoms with Crippen molar-refractivity contribution in [3.05, 3.63) is 54.6 Å². The first kappa shape index (κ1) is 19.3. The molecule has 0 spiro atoms. The maximum absolute atomic E-state index is 13.2. The molecule has 2 aliphatic carbocycles. The quantitative estimate of drug-likeness (QED) is 0.678. The van der Waals surface area contributed by atoms with Gasteiger partial charge in [0.25, 0.3) is 0 Å². The van der Waals surface area contributed by atoms with Crippen molar-refractivity contribution in [3.63, 3.8) is 0 Å². The number of carbonyl (C=O) groups excluding carboxylic acids is 1. The van der Waals surface area contributed by atoms with E-state index in [-0.39, 0.29) is 11.7 Å². The minimum atomic E-state index is -0.308. The minimum Gasteiger partial charge on any atom is -0.311 e. The number of nitrogens with zero attached hydrogens (tertiary/aromatic N) is 3. The predicted octanol–water partition coefficient (Wildman–Crippen LogP) is 5.05. The molecular weight excluding hydrogens is 367 g/mol. The van der Waals surface area contributed by atoms with Crippen molar-refractivity contribution in [2.45, 2.75) is 32.6 Å². The zero-order valence-corrected chi connectivity index (χ0v) is 16.7. The monoisotopic (exact) mass is 392 g/mol. The van der Waals surface area contributed by atoms with Crippen molar-refractivity contribution >= 4 is 11.7 Å². The average molecular weight is 392 g/mol. The molecule has 1 N–H and O–H groups in total. The SMILES string of the molecule is C1CC2CC2C1.CC(=O)Nc1c(-c2ccncc2)c(-c2ccc(F)cc2)nn1C. The lowest BCUT2D eigenvalue weighted by Gasteiger charge is -2.08. The van der Waals surface area contributed by atoms with Gasteiger partial charge >= 0.3 is 0 Å².